The van der Waals surface area contributed by atoms with Crippen molar-refractivity contribution in [1.29, 1.82) is 0 Å². The maximum atomic E-state index is 12.7. The predicted octanol–water partition coefficient (Wildman–Crippen LogP) is 5.20. The summed E-state index contributed by atoms with van der Waals surface area (Å²) in [4.78, 5) is 40.4. The molecule has 8 heteroatoms. The van der Waals surface area contributed by atoms with E-state index in [0.29, 0.717) is 25.9 Å². The number of rotatable bonds is 6. The average molecular weight is 565 g/mol. The molecule has 0 radical (unpaired) electrons. The first kappa shape index (κ1) is 27.6. The summed E-state index contributed by atoms with van der Waals surface area (Å²) in [6.45, 7) is 5.36. The second-order valence-corrected chi connectivity index (χ2v) is 11.3. The van der Waals surface area contributed by atoms with E-state index in [9.17, 15) is 14.4 Å². The van der Waals surface area contributed by atoms with E-state index in [-0.39, 0.29) is 30.6 Å². The maximum absolute atomic E-state index is 12.7. The first-order valence-electron chi connectivity index (χ1n) is 14.7. The minimum absolute atomic E-state index is 0.208. The number of ether oxygens (including phenoxy) is 1. The number of amides is 3. The molecule has 1 atom stereocenters. The molecule has 1 unspecified atom stereocenters. The Morgan fingerprint density at radius 1 is 0.976 bits per heavy atom. The topological polar surface area (TPSA) is 91.0 Å². The molecule has 0 spiro atoms. The molecule has 3 aromatic rings. The number of hydrogen-bond acceptors (Lipinski definition) is 6. The fourth-order valence-corrected chi connectivity index (χ4v) is 6.00. The second kappa shape index (κ2) is 12.1. The largest absolute Gasteiger partial charge is 0.445 e. The summed E-state index contributed by atoms with van der Waals surface area (Å²) < 4.78 is 5.55. The molecule has 1 saturated heterocycles. The van der Waals surface area contributed by atoms with E-state index in [0.717, 1.165) is 42.7 Å². The number of hydrogen-bond donors (Lipinski definition) is 2. The summed E-state index contributed by atoms with van der Waals surface area (Å²) >= 11 is 0. The molecule has 6 rings (SSSR count). The van der Waals surface area contributed by atoms with Crippen molar-refractivity contribution < 1.29 is 19.1 Å². The van der Waals surface area contributed by atoms with Crippen molar-refractivity contribution in [3.63, 3.8) is 0 Å². The van der Waals surface area contributed by atoms with Gasteiger partial charge in [-0.05, 0) is 77.8 Å². The summed E-state index contributed by atoms with van der Waals surface area (Å²) in [5.41, 5.74) is 9.30. The van der Waals surface area contributed by atoms with Gasteiger partial charge in [0.05, 0.1) is 0 Å². The van der Waals surface area contributed by atoms with Gasteiger partial charge in [-0.3, -0.25) is 14.9 Å². The lowest BCUT2D eigenvalue weighted by Gasteiger charge is -2.31. The van der Waals surface area contributed by atoms with Crippen LogP contribution >= 0.6 is 0 Å². The average Bonchev–Trinajstić information content (AvgIpc) is 3.01. The van der Waals surface area contributed by atoms with Gasteiger partial charge in [-0.2, -0.15) is 0 Å². The molecule has 3 heterocycles. The third kappa shape index (κ3) is 6.17. The molecule has 3 aliphatic heterocycles. The summed E-state index contributed by atoms with van der Waals surface area (Å²) in [6, 6.07) is 22.2. The maximum Gasteiger partial charge on any atom is 0.410 e. The van der Waals surface area contributed by atoms with E-state index < -0.39 is 0 Å². The van der Waals surface area contributed by atoms with Crippen LogP contribution in [-0.2, 0) is 33.9 Å². The zero-order valence-electron chi connectivity index (χ0n) is 23.9. The molecular formula is C34H36N4O4. The Balaban J connectivity index is 1.05. The smallest absolute Gasteiger partial charge is 0.410 e. The highest BCUT2D eigenvalue weighted by atomic mass is 16.6. The van der Waals surface area contributed by atoms with E-state index in [4.69, 9.17) is 4.74 Å². The van der Waals surface area contributed by atoms with Gasteiger partial charge in [0.15, 0.2) is 0 Å². The monoisotopic (exact) mass is 564 g/mol. The number of aryl methyl sites for hydroxylation is 1. The zero-order valence-corrected chi connectivity index (χ0v) is 23.9. The standard InChI is InChI=1S/C34H36N4O4/c1-23-19-29(35-30-10-12-32(39)36-33(30)40)9-11-31(23)37-16-13-25(14-17-37)26-7-8-28-21-38(18-15-27(28)20-26)34(41)42-22-24-5-3-2-4-6-24/h2-9,11,13,19-20,30,35H,10,12,14-18,21-22H2,1H3,(H,36,39,40). The number of nitrogens with one attached hydrogen (secondary N) is 2. The Labute approximate surface area is 246 Å². The van der Waals surface area contributed by atoms with Crippen LogP contribution in [0.2, 0.25) is 0 Å². The number of benzene rings is 3. The molecule has 0 bridgehead atoms. The molecular weight excluding hydrogens is 528 g/mol. The molecule has 3 amide bonds. The molecule has 3 aliphatic rings. The van der Waals surface area contributed by atoms with Gasteiger partial charge in [0, 0.05) is 44.0 Å². The fourth-order valence-electron chi connectivity index (χ4n) is 6.00. The van der Waals surface area contributed by atoms with Crippen LogP contribution in [0.4, 0.5) is 16.2 Å². The van der Waals surface area contributed by atoms with E-state index in [2.05, 4.69) is 58.9 Å². The predicted molar refractivity (Wildman–Crippen MR) is 163 cm³/mol. The van der Waals surface area contributed by atoms with Crippen molar-refractivity contribution in [2.45, 2.75) is 51.8 Å². The Morgan fingerprint density at radius 2 is 1.83 bits per heavy atom. The van der Waals surface area contributed by atoms with Gasteiger partial charge in [-0.25, -0.2) is 4.79 Å². The molecule has 8 nitrogen and oxygen atoms in total. The molecule has 1 fully saturated rings. The molecule has 2 N–H and O–H groups in total. The van der Waals surface area contributed by atoms with Crippen LogP contribution in [0, 0.1) is 6.92 Å². The summed E-state index contributed by atoms with van der Waals surface area (Å²) in [7, 11) is 0. The van der Waals surface area contributed by atoms with E-state index in [1.807, 2.05) is 36.4 Å². The summed E-state index contributed by atoms with van der Waals surface area (Å²) in [6.07, 6.45) is 4.69. The van der Waals surface area contributed by atoms with Gasteiger partial charge in [0.1, 0.15) is 12.6 Å². The minimum Gasteiger partial charge on any atom is -0.445 e. The minimum atomic E-state index is -0.387. The fraction of sp³-hybridized carbons (Fsp3) is 0.324. The first-order valence-corrected chi connectivity index (χ1v) is 14.7. The lowest BCUT2D eigenvalue weighted by Crippen LogP contribution is -2.47. The van der Waals surface area contributed by atoms with Crippen LogP contribution in [0.5, 0.6) is 0 Å². The van der Waals surface area contributed by atoms with Gasteiger partial charge in [0.25, 0.3) is 0 Å². The summed E-state index contributed by atoms with van der Waals surface area (Å²) in [5, 5.41) is 5.68. The molecule has 0 saturated carbocycles. The number of carbonyl (C=O) groups is 3. The lowest BCUT2D eigenvalue weighted by molar-refractivity contribution is -0.133. The van der Waals surface area contributed by atoms with Crippen molar-refractivity contribution in [2.24, 2.45) is 0 Å². The highest BCUT2D eigenvalue weighted by molar-refractivity contribution is 6.01. The molecule has 0 aliphatic carbocycles. The first-order chi connectivity index (χ1) is 20.4. The molecule has 216 valence electrons. The van der Waals surface area contributed by atoms with Crippen LogP contribution in [0.3, 0.4) is 0 Å². The van der Waals surface area contributed by atoms with E-state index in [1.54, 1.807) is 4.90 Å². The molecule has 3 aromatic carbocycles. The van der Waals surface area contributed by atoms with Gasteiger partial charge in [-0.1, -0.05) is 54.6 Å². The second-order valence-electron chi connectivity index (χ2n) is 11.3. The number of fused-ring (bicyclic) bond motifs is 1. The Bertz CT molecular complexity index is 1530. The van der Waals surface area contributed by atoms with Crippen molar-refractivity contribution in [3.05, 3.63) is 101 Å². The van der Waals surface area contributed by atoms with Crippen LogP contribution in [-0.4, -0.2) is 48.5 Å². The highest BCUT2D eigenvalue weighted by Gasteiger charge is 2.27. The van der Waals surface area contributed by atoms with Crippen LogP contribution in [0.25, 0.3) is 5.57 Å². The van der Waals surface area contributed by atoms with Crippen molar-refractivity contribution in [2.75, 3.05) is 29.9 Å². The zero-order chi connectivity index (χ0) is 29.1. The number of imide groups is 1. The summed E-state index contributed by atoms with van der Waals surface area (Å²) in [5.74, 6) is -0.469. The van der Waals surface area contributed by atoms with Crippen LogP contribution < -0.4 is 15.5 Å². The lowest BCUT2D eigenvalue weighted by atomic mass is 9.92. The van der Waals surface area contributed by atoms with Crippen molar-refractivity contribution in [3.8, 4) is 0 Å². The number of carbonyl (C=O) groups excluding carboxylic acids is 3. The number of piperidine rings is 1. The Kier molecular flexibility index (Phi) is 7.95. The van der Waals surface area contributed by atoms with Gasteiger partial charge >= 0.3 is 6.09 Å². The van der Waals surface area contributed by atoms with Gasteiger partial charge in [-0.15, -0.1) is 0 Å². The number of nitrogens with zero attached hydrogens (tertiary/aromatic N) is 2. The third-order valence-electron chi connectivity index (χ3n) is 8.38. The van der Waals surface area contributed by atoms with Gasteiger partial charge < -0.3 is 19.9 Å². The third-order valence-corrected chi connectivity index (χ3v) is 8.38. The molecule has 0 aromatic heterocycles. The highest BCUT2D eigenvalue weighted by Crippen LogP contribution is 2.31. The van der Waals surface area contributed by atoms with Crippen LogP contribution in [0.15, 0.2) is 72.8 Å². The molecule has 42 heavy (non-hydrogen) atoms. The van der Waals surface area contributed by atoms with Gasteiger partial charge in [0.2, 0.25) is 11.8 Å². The normalized spacial score (nSPS) is 18.6. The Hall–Kier alpha value is -4.59. The van der Waals surface area contributed by atoms with Crippen molar-refractivity contribution >= 4 is 34.9 Å². The van der Waals surface area contributed by atoms with Crippen molar-refractivity contribution in [1.82, 2.24) is 10.2 Å². The number of anilines is 2. The van der Waals surface area contributed by atoms with E-state index >= 15 is 0 Å². The quantitative estimate of drug-likeness (QED) is 0.400. The SMILES string of the molecule is Cc1cc(NC2CCC(=O)NC2=O)ccc1N1CC=C(c2ccc3c(c2)CCN(C(=O)OCc2ccccc2)C3)CC1. The Morgan fingerprint density at radius 3 is 2.60 bits per heavy atom. The van der Waals surface area contributed by atoms with E-state index in [1.165, 1.54) is 28.0 Å². The van der Waals surface area contributed by atoms with Crippen LogP contribution in [0.1, 0.15) is 47.1 Å².